The van der Waals surface area contributed by atoms with Crippen LogP contribution in [0.1, 0.15) is 19.3 Å². The maximum absolute atomic E-state index is 12.7. The van der Waals surface area contributed by atoms with E-state index in [1.54, 1.807) is 0 Å². The SMILES string of the molecule is O=C(CN1CCN(c2ccccn2)CC1)N1CCC2CCC(C1)N2. The highest BCUT2D eigenvalue weighted by molar-refractivity contribution is 5.78. The molecule has 2 bridgehead atoms. The Morgan fingerprint density at radius 3 is 2.71 bits per heavy atom. The number of nitrogens with zero attached hydrogens (tertiary/aromatic N) is 4. The topological polar surface area (TPSA) is 51.7 Å². The number of carbonyl (C=O) groups is 1. The van der Waals surface area contributed by atoms with Crippen LogP contribution in [0.5, 0.6) is 0 Å². The second kappa shape index (κ2) is 7.07. The lowest BCUT2D eigenvalue weighted by Gasteiger charge is -2.36. The third-order valence-corrected chi connectivity index (χ3v) is 5.58. The maximum Gasteiger partial charge on any atom is 0.236 e. The molecule has 2 atom stereocenters. The number of hydrogen-bond donors (Lipinski definition) is 1. The summed E-state index contributed by atoms with van der Waals surface area (Å²) in [5.41, 5.74) is 0. The van der Waals surface area contributed by atoms with Gasteiger partial charge in [-0.25, -0.2) is 4.98 Å². The first-order valence-corrected chi connectivity index (χ1v) is 9.20. The van der Waals surface area contributed by atoms with Crippen molar-refractivity contribution >= 4 is 11.7 Å². The number of aromatic nitrogens is 1. The van der Waals surface area contributed by atoms with E-state index in [9.17, 15) is 4.79 Å². The summed E-state index contributed by atoms with van der Waals surface area (Å²) >= 11 is 0. The van der Waals surface area contributed by atoms with Gasteiger partial charge in [-0.3, -0.25) is 9.69 Å². The lowest BCUT2D eigenvalue weighted by molar-refractivity contribution is -0.132. The first-order valence-electron chi connectivity index (χ1n) is 9.20. The summed E-state index contributed by atoms with van der Waals surface area (Å²) in [6, 6.07) is 7.18. The Balaban J connectivity index is 1.27. The van der Waals surface area contributed by atoms with Gasteiger partial charge >= 0.3 is 0 Å². The normalized spacial score (nSPS) is 28.0. The van der Waals surface area contributed by atoms with Crippen LogP contribution in [0, 0.1) is 0 Å². The molecule has 3 fully saturated rings. The minimum absolute atomic E-state index is 0.302. The van der Waals surface area contributed by atoms with Gasteiger partial charge in [-0.15, -0.1) is 0 Å². The zero-order chi connectivity index (χ0) is 16.4. The molecule has 130 valence electrons. The summed E-state index contributed by atoms with van der Waals surface area (Å²) in [7, 11) is 0. The van der Waals surface area contributed by atoms with Crippen molar-refractivity contribution in [3.8, 4) is 0 Å². The van der Waals surface area contributed by atoms with E-state index < -0.39 is 0 Å². The van der Waals surface area contributed by atoms with Crippen molar-refractivity contribution in [3.05, 3.63) is 24.4 Å². The van der Waals surface area contributed by atoms with Gasteiger partial charge in [-0.2, -0.15) is 0 Å². The summed E-state index contributed by atoms with van der Waals surface area (Å²) < 4.78 is 0. The molecule has 0 spiro atoms. The standard InChI is InChI=1S/C18H27N5O/c24-18(23-8-6-15-4-5-16(13-23)20-15)14-21-9-11-22(12-10-21)17-3-1-2-7-19-17/h1-3,7,15-16,20H,4-6,8-14H2. The number of hydrogen-bond acceptors (Lipinski definition) is 5. The van der Waals surface area contributed by atoms with Crippen molar-refractivity contribution in [1.82, 2.24) is 20.1 Å². The van der Waals surface area contributed by atoms with Crippen molar-refractivity contribution in [2.75, 3.05) is 50.7 Å². The minimum Gasteiger partial charge on any atom is -0.354 e. The van der Waals surface area contributed by atoms with Crippen molar-refractivity contribution in [3.63, 3.8) is 0 Å². The molecule has 1 aromatic heterocycles. The number of amides is 1. The van der Waals surface area contributed by atoms with E-state index in [0.29, 0.717) is 24.5 Å². The Morgan fingerprint density at radius 1 is 1.08 bits per heavy atom. The van der Waals surface area contributed by atoms with Crippen LogP contribution in [0.25, 0.3) is 0 Å². The van der Waals surface area contributed by atoms with Gasteiger partial charge in [0.1, 0.15) is 5.82 Å². The molecule has 1 amide bonds. The van der Waals surface area contributed by atoms with Gasteiger partial charge in [0.2, 0.25) is 5.91 Å². The van der Waals surface area contributed by atoms with Crippen molar-refractivity contribution in [1.29, 1.82) is 0 Å². The highest BCUT2D eigenvalue weighted by atomic mass is 16.2. The summed E-state index contributed by atoms with van der Waals surface area (Å²) in [5, 5.41) is 3.64. The molecule has 4 rings (SSSR count). The van der Waals surface area contributed by atoms with Gasteiger partial charge in [0, 0.05) is 57.5 Å². The van der Waals surface area contributed by atoms with Crippen LogP contribution in [0.4, 0.5) is 5.82 Å². The Morgan fingerprint density at radius 2 is 1.92 bits per heavy atom. The number of anilines is 1. The van der Waals surface area contributed by atoms with Crippen LogP contribution in [-0.4, -0.2) is 78.6 Å². The fourth-order valence-electron chi connectivity index (χ4n) is 4.14. The molecule has 4 heterocycles. The molecule has 0 saturated carbocycles. The number of pyridine rings is 1. The van der Waals surface area contributed by atoms with E-state index in [2.05, 4.69) is 31.1 Å². The third kappa shape index (κ3) is 3.54. The quantitative estimate of drug-likeness (QED) is 0.878. The zero-order valence-electron chi connectivity index (χ0n) is 14.2. The van der Waals surface area contributed by atoms with E-state index in [-0.39, 0.29) is 0 Å². The number of piperazine rings is 1. The van der Waals surface area contributed by atoms with Gasteiger partial charge in [0.25, 0.3) is 0 Å². The Bertz CT molecular complexity index is 558. The summed E-state index contributed by atoms with van der Waals surface area (Å²) in [6.45, 7) is 6.12. The van der Waals surface area contributed by atoms with Crippen LogP contribution in [0.2, 0.25) is 0 Å². The highest BCUT2D eigenvalue weighted by Crippen LogP contribution is 2.20. The average Bonchev–Trinajstić information content (AvgIpc) is 2.95. The first-order chi connectivity index (χ1) is 11.8. The van der Waals surface area contributed by atoms with E-state index >= 15 is 0 Å². The molecule has 1 N–H and O–H groups in total. The lowest BCUT2D eigenvalue weighted by atomic mass is 10.1. The fraction of sp³-hybridized carbons (Fsp3) is 0.667. The molecule has 3 saturated heterocycles. The molecule has 0 aliphatic carbocycles. The van der Waals surface area contributed by atoms with Gasteiger partial charge in [0.05, 0.1) is 6.54 Å². The van der Waals surface area contributed by atoms with Crippen LogP contribution in [-0.2, 0) is 4.79 Å². The Labute approximate surface area is 143 Å². The lowest BCUT2D eigenvalue weighted by Crippen LogP contribution is -2.51. The molecule has 1 aromatic rings. The van der Waals surface area contributed by atoms with Gasteiger partial charge in [-0.1, -0.05) is 6.07 Å². The van der Waals surface area contributed by atoms with Crippen LogP contribution in [0.15, 0.2) is 24.4 Å². The molecule has 6 heteroatoms. The van der Waals surface area contributed by atoms with E-state index in [4.69, 9.17) is 0 Å². The molecule has 3 aliphatic heterocycles. The molecule has 6 nitrogen and oxygen atoms in total. The molecule has 3 aliphatic rings. The predicted octanol–water partition coefficient (Wildman–Crippen LogP) is 0.557. The van der Waals surface area contributed by atoms with Crippen LogP contribution >= 0.6 is 0 Å². The monoisotopic (exact) mass is 329 g/mol. The van der Waals surface area contributed by atoms with Crippen molar-refractivity contribution in [2.45, 2.75) is 31.3 Å². The number of rotatable bonds is 3. The molecular weight excluding hydrogens is 302 g/mol. The van der Waals surface area contributed by atoms with E-state index in [0.717, 1.165) is 51.5 Å². The van der Waals surface area contributed by atoms with Gasteiger partial charge in [0.15, 0.2) is 0 Å². The third-order valence-electron chi connectivity index (χ3n) is 5.58. The Hall–Kier alpha value is -1.66. The van der Waals surface area contributed by atoms with Crippen molar-refractivity contribution in [2.24, 2.45) is 0 Å². The van der Waals surface area contributed by atoms with Crippen LogP contribution < -0.4 is 10.2 Å². The number of carbonyl (C=O) groups excluding carboxylic acids is 1. The maximum atomic E-state index is 12.7. The average molecular weight is 329 g/mol. The number of fused-ring (bicyclic) bond motifs is 2. The second-order valence-electron chi connectivity index (χ2n) is 7.22. The first kappa shape index (κ1) is 15.8. The predicted molar refractivity (Wildman–Crippen MR) is 94.0 cm³/mol. The summed E-state index contributed by atoms with van der Waals surface area (Å²) in [4.78, 5) is 23.8. The number of nitrogens with one attached hydrogen (secondary N) is 1. The number of likely N-dealkylation sites (tertiary alicyclic amines) is 1. The smallest absolute Gasteiger partial charge is 0.236 e. The molecule has 24 heavy (non-hydrogen) atoms. The zero-order valence-corrected chi connectivity index (χ0v) is 14.2. The Kier molecular flexibility index (Phi) is 4.67. The van der Waals surface area contributed by atoms with E-state index in [1.165, 1.54) is 12.8 Å². The largest absolute Gasteiger partial charge is 0.354 e. The minimum atomic E-state index is 0.302. The molecule has 0 aromatic carbocycles. The molecule has 2 unspecified atom stereocenters. The van der Waals surface area contributed by atoms with Gasteiger partial charge in [-0.05, 0) is 31.4 Å². The molecule has 0 radical (unpaired) electrons. The van der Waals surface area contributed by atoms with Crippen molar-refractivity contribution < 1.29 is 4.79 Å². The van der Waals surface area contributed by atoms with Gasteiger partial charge < -0.3 is 15.1 Å². The molecular formula is C18H27N5O. The summed E-state index contributed by atoms with van der Waals surface area (Å²) in [5.74, 6) is 1.34. The van der Waals surface area contributed by atoms with E-state index in [1.807, 2.05) is 18.3 Å². The van der Waals surface area contributed by atoms with Crippen LogP contribution in [0.3, 0.4) is 0 Å². The second-order valence-corrected chi connectivity index (χ2v) is 7.22. The highest BCUT2D eigenvalue weighted by Gasteiger charge is 2.31. The fourth-order valence-corrected chi connectivity index (χ4v) is 4.14. The summed E-state index contributed by atoms with van der Waals surface area (Å²) in [6.07, 6.45) is 5.45.